The molecule has 36 heavy (non-hydrogen) atoms. The van der Waals surface area contributed by atoms with E-state index in [0.717, 1.165) is 5.69 Å². The molecule has 0 bridgehead atoms. The first-order valence-corrected chi connectivity index (χ1v) is 12.2. The summed E-state index contributed by atoms with van der Waals surface area (Å²) in [5, 5.41) is 8.44. The van der Waals surface area contributed by atoms with Crippen LogP contribution in [0, 0.1) is 5.82 Å². The highest BCUT2D eigenvalue weighted by atomic mass is 35.5. The van der Waals surface area contributed by atoms with Crippen LogP contribution in [0.3, 0.4) is 0 Å². The minimum Gasteiger partial charge on any atom is -0.367 e. The van der Waals surface area contributed by atoms with Gasteiger partial charge in [-0.2, -0.15) is 4.98 Å². The first kappa shape index (κ1) is 24.5. The van der Waals surface area contributed by atoms with E-state index >= 15 is 0 Å². The van der Waals surface area contributed by atoms with Crippen LogP contribution in [-0.2, 0) is 4.79 Å². The summed E-state index contributed by atoms with van der Waals surface area (Å²) >= 11 is 18.0. The van der Waals surface area contributed by atoms with Crippen LogP contribution >= 0.6 is 34.8 Å². The summed E-state index contributed by atoms with van der Waals surface area (Å²) in [5.74, 6) is -0.153. The Hall–Kier alpha value is -3.14. The fourth-order valence-corrected chi connectivity index (χ4v) is 4.55. The minimum atomic E-state index is -1.01. The standard InChI is InChI=1S/C24H19Cl3FN5O3/c1-13(34)32-7-9-33(10-8-32)19-4-2-3-16(25)21(19)18-12-20(35-30-18)14-5-6-15(17(28)11-14)23-29-24(22(26)27)36-31-23/h2-6,11-12,22H,7-10H2,1H3. The lowest BCUT2D eigenvalue weighted by atomic mass is 10.0. The topological polar surface area (TPSA) is 88.5 Å². The van der Waals surface area contributed by atoms with Crippen molar-refractivity contribution in [1.82, 2.24) is 20.2 Å². The molecule has 0 spiro atoms. The Labute approximate surface area is 220 Å². The summed E-state index contributed by atoms with van der Waals surface area (Å²) in [4.78, 5) is 18.7. The second-order valence-electron chi connectivity index (χ2n) is 8.16. The summed E-state index contributed by atoms with van der Waals surface area (Å²) in [6.45, 7) is 4.14. The van der Waals surface area contributed by atoms with Gasteiger partial charge in [0.2, 0.25) is 11.7 Å². The average molecular weight is 551 g/mol. The Kier molecular flexibility index (Phi) is 6.87. The van der Waals surface area contributed by atoms with Crippen molar-refractivity contribution in [1.29, 1.82) is 0 Å². The number of aromatic nitrogens is 3. The van der Waals surface area contributed by atoms with Crippen molar-refractivity contribution in [3.63, 3.8) is 0 Å². The van der Waals surface area contributed by atoms with Crippen molar-refractivity contribution in [3.05, 3.63) is 59.2 Å². The van der Waals surface area contributed by atoms with Crippen LogP contribution in [0.25, 0.3) is 34.0 Å². The Balaban J connectivity index is 1.43. The van der Waals surface area contributed by atoms with E-state index in [1.54, 1.807) is 25.1 Å². The van der Waals surface area contributed by atoms with E-state index in [1.807, 2.05) is 17.0 Å². The maximum absolute atomic E-state index is 14.9. The SMILES string of the molecule is CC(=O)N1CCN(c2cccc(Cl)c2-c2cc(-c3ccc(-c4noc(C(Cl)Cl)n4)c(F)c3)on2)CC1. The molecule has 8 nitrogen and oxygen atoms in total. The largest absolute Gasteiger partial charge is 0.367 e. The fraction of sp³-hybridized carbons (Fsp3) is 0.250. The number of hydrogen-bond acceptors (Lipinski definition) is 7. The van der Waals surface area contributed by atoms with Gasteiger partial charge in [0.05, 0.1) is 10.6 Å². The highest BCUT2D eigenvalue weighted by Gasteiger charge is 2.24. The molecule has 0 atom stereocenters. The van der Waals surface area contributed by atoms with Gasteiger partial charge in [0.1, 0.15) is 11.5 Å². The molecule has 12 heteroatoms. The van der Waals surface area contributed by atoms with E-state index in [2.05, 4.69) is 20.2 Å². The predicted octanol–water partition coefficient (Wildman–Crippen LogP) is 6.00. The molecule has 0 unspecified atom stereocenters. The highest BCUT2D eigenvalue weighted by Crippen LogP contribution is 2.39. The first-order chi connectivity index (χ1) is 17.3. The maximum Gasteiger partial charge on any atom is 0.260 e. The van der Waals surface area contributed by atoms with Gasteiger partial charge in [-0.25, -0.2) is 4.39 Å². The van der Waals surface area contributed by atoms with Crippen LogP contribution in [0.15, 0.2) is 51.5 Å². The molecule has 0 aliphatic carbocycles. The molecule has 3 heterocycles. The van der Waals surface area contributed by atoms with Crippen molar-refractivity contribution in [2.24, 2.45) is 0 Å². The third-order valence-corrected chi connectivity index (χ3v) is 6.63. The van der Waals surface area contributed by atoms with E-state index in [1.165, 1.54) is 12.1 Å². The van der Waals surface area contributed by atoms with Crippen molar-refractivity contribution in [3.8, 4) is 34.0 Å². The van der Waals surface area contributed by atoms with Gasteiger partial charge in [0.15, 0.2) is 10.6 Å². The Morgan fingerprint density at radius 2 is 1.83 bits per heavy atom. The smallest absolute Gasteiger partial charge is 0.260 e. The number of anilines is 1. The zero-order valence-electron chi connectivity index (χ0n) is 18.9. The zero-order chi connectivity index (χ0) is 25.4. The number of nitrogens with zero attached hydrogens (tertiary/aromatic N) is 5. The average Bonchev–Trinajstić information content (AvgIpc) is 3.54. The van der Waals surface area contributed by atoms with Crippen LogP contribution < -0.4 is 4.90 Å². The quantitative estimate of drug-likeness (QED) is 0.282. The normalized spacial score (nSPS) is 14.1. The number of carbonyl (C=O) groups excluding carboxylic acids is 1. The van der Waals surface area contributed by atoms with E-state index in [4.69, 9.17) is 43.8 Å². The first-order valence-electron chi connectivity index (χ1n) is 11.0. The number of benzene rings is 2. The van der Waals surface area contributed by atoms with Gasteiger partial charge in [-0.15, -0.1) is 0 Å². The van der Waals surface area contributed by atoms with Crippen LogP contribution in [0.1, 0.15) is 17.7 Å². The number of amides is 1. The number of rotatable bonds is 5. The van der Waals surface area contributed by atoms with E-state index in [9.17, 15) is 9.18 Å². The number of piperazine rings is 1. The maximum atomic E-state index is 14.9. The molecule has 1 saturated heterocycles. The van der Waals surface area contributed by atoms with Gasteiger partial charge >= 0.3 is 0 Å². The second kappa shape index (κ2) is 10.1. The third kappa shape index (κ3) is 4.78. The molecule has 1 amide bonds. The molecule has 1 fully saturated rings. The number of halogens is 4. The monoisotopic (exact) mass is 549 g/mol. The molecular formula is C24H19Cl3FN5O3. The van der Waals surface area contributed by atoms with Gasteiger partial charge in [-0.1, -0.05) is 57.2 Å². The summed E-state index contributed by atoms with van der Waals surface area (Å²) in [6, 6.07) is 11.8. The third-order valence-electron chi connectivity index (χ3n) is 5.95. The lowest BCUT2D eigenvalue weighted by molar-refractivity contribution is -0.129. The van der Waals surface area contributed by atoms with Crippen molar-refractivity contribution < 1.29 is 18.2 Å². The minimum absolute atomic E-state index is 0.0186. The van der Waals surface area contributed by atoms with E-state index < -0.39 is 10.7 Å². The fourth-order valence-electron chi connectivity index (χ4n) is 4.10. The Morgan fingerprint density at radius 1 is 1.06 bits per heavy atom. The Morgan fingerprint density at radius 3 is 2.50 bits per heavy atom. The van der Waals surface area contributed by atoms with Crippen molar-refractivity contribution in [2.45, 2.75) is 11.8 Å². The molecule has 0 radical (unpaired) electrons. The molecule has 186 valence electrons. The van der Waals surface area contributed by atoms with Crippen LogP contribution in [0.2, 0.25) is 5.02 Å². The van der Waals surface area contributed by atoms with Crippen LogP contribution in [0.4, 0.5) is 10.1 Å². The van der Waals surface area contributed by atoms with Crippen LogP contribution in [0.5, 0.6) is 0 Å². The molecular weight excluding hydrogens is 532 g/mol. The summed E-state index contributed by atoms with van der Waals surface area (Å²) in [7, 11) is 0. The highest BCUT2D eigenvalue weighted by molar-refractivity contribution is 6.43. The zero-order valence-corrected chi connectivity index (χ0v) is 21.2. The number of alkyl halides is 2. The van der Waals surface area contributed by atoms with Gasteiger partial charge in [-0.05, 0) is 24.3 Å². The van der Waals surface area contributed by atoms with Crippen molar-refractivity contribution in [2.75, 3.05) is 31.1 Å². The van der Waals surface area contributed by atoms with Crippen LogP contribution in [-0.4, -0.2) is 52.3 Å². The molecule has 2 aromatic carbocycles. The van der Waals surface area contributed by atoms with Gasteiger partial charge in [-0.3, -0.25) is 4.79 Å². The molecule has 2 aromatic heterocycles. The van der Waals surface area contributed by atoms with Crippen molar-refractivity contribution >= 4 is 46.4 Å². The van der Waals surface area contributed by atoms with Gasteiger partial charge < -0.3 is 18.8 Å². The summed E-state index contributed by atoms with van der Waals surface area (Å²) in [6.07, 6.45) is 0. The Bertz CT molecular complexity index is 1420. The molecule has 0 N–H and O–H groups in total. The lowest BCUT2D eigenvalue weighted by Gasteiger charge is -2.36. The lowest BCUT2D eigenvalue weighted by Crippen LogP contribution is -2.48. The van der Waals surface area contributed by atoms with E-state index in [-0.39, 0.29) is 23.2 Å². The predicted molar refractivity (Wildman–Crippen MR) is 135 cm³/mol. The summed E-state index contributed by atoms with van der Waals surface area (Å²) in [5.41, 5.74) is 2.70. The molecule has 1 aliphatic rings. The van der Waals surface area contributed by atoms with E-state index in [0.29, 0.717) is 53.8 Å². The number of hydrogen-bond donors (Lipinski definition) is 0. The van der Waals surface area contributed by atoms with Gasteiger partial charge in [0.25, 0.3) is 5.89 Å². The summed E-state index contributed by atoms with van der Waals surface area (Å²) < 4.78 is 25.4. The van der Waals surface area contributed by atoms with Gasteiger partial charge in [0, 0.05) is 56.0 Å². The molecule has 5 rings (SSSR count). The molecule has 4 aromatic rings. The second-order valence-corrected chi connectivity index (χ2v) is 9.66. The number of carbonyl (C=O) groups is 1. The molecule has 1 aliphatic heterocycles. The molecule has 0 saturated carbocycles.